The maximum Gasteiger partial charge on any atom is 0.240 e. The van der Waals surface area contributed by atoms with Crippen molar-refractivity contribution >= 4 is 40.0 Å². The van der Waals surface area contributed by atoms with Crippen molar-refractivity contribution in [1.82, 2.24) is 15.4 Å². The quantitative estimate of drug-likeness (QED) is 0.205. The average molecular weight is 546 g/mol. The topological polar surface area (TPSA) is 91.8 Å². The lowest BCUT2D eigenvalue weighted by atomic mass is 10.1. The van der Waals surface area contributed by atoms with E-state index in [0.29, 0.717) is 19.0 Å². The molecule has 0 atom stereocenters. The van der Waals surface area contributed by atoms with Gasteiger partial charge in [0.15, 0.2) is 5.96 Å². The Morgan fingerprint density at radius 2 is 1.60 bits per heavy atom. The molecule has 3 N–H and O–H groups in total. The van der Waals surface area contributed by atoms with Crippen molar-refractivity contribution in [2.75, 3.05) is 20.1 Å². The molecule has 0 amide bonds. The second kappa shape index (κ2) is 12.1. The molecular weight excluding hydrogens is 515 g/mol. The highest BCUT2D eigenvalue weighted by molar-refractivity contribution is 14.0. The predicted molar refractivity (Wildman–Crippen MR) is 132 cm³/mol. The first-order valence-corrected chi connectivity index (χ1v) is 11.0. The molecule has 2 aromatic rings. The van der Waals surface area contributed by atoms with Crippen LogP contribution in [0.1, 0.15) is 26.3 Å². The smallest absolute Gasteiger partial charge is 0.240 e. The molecule has 0 radical (unpaired) electrons. The molecule has 30 heavy (non-hydrogen) atoms. The van der Waals surface area contributed by atoms with Crippen molar-refractivity contribution in [2.24, 2.45) is 4.99 Å². The lowest BCUT2D eigenvalue weighted by molar-refractivity contribution is 0.129. The van der Waals surface area contributed by atoms with Gasteiger partial charge in [-0.3, -0.25) is 4.99 Å². The molecule has 0 aromatic heterocycles. The molecule has 166 valence electrons. The summed E-state index contributed by atoms with van der Waals surface area (Å²) >= 11 is 0. The number of sulfonamides is 1. The van der Waals surface area contributed by atoms with Crippen LogP contribution in [-0.4, -0.2) is 40.1 Å². The van der Waals surface area contributed by atoms with Crippen LogP contribution in [0.25, 0.3) is 0 Å². The largest absolute Gasteiger partial charge is 0.488 e. The fourth-order valence-electron chi connectivity index (χ4n) is 2.53. The van der Waals surface area contributed by atoms with Crippen molar-refractivity contribution < 1.29 is 13.2 Å². The van der Waals surface area contributed by atoms with Crippen LogP contribution in [-0.2, 0) is 16.6 Å². The first kappa shape index (κ1) is 26.2. The SMILES string of the molecule is CN=C(NCCNS(=O)(=O)c1ccccc1)NCc1ccccc1OC(C)(C)C.I. The van der Waals surface area contributed by atoms with E-state index >= 15 is 0 Å². The molecule has 0 saturated carbocycles. The van der Waals surface area contributed by atoms with E-state index in [1.807, 2.05) is 45.0 Å². The highest BCUT2D eigenvalue weighted by Crippen LogP contribution is 2.22. The van der Waals surface area contributed by atoms with Gasteiger partial charge in [0, 0.05) is 32.2 Å². The Balaban J connectivity index is 0.00000450. The predicted octanol–water partition coefficient (Wildman–Crippen LogP) is 3.13. The number of nitrogens with one attached hydrogen (secondary N) is 3. The third-order valence-electron chi connectivity index (χ3n) is 3.82. The zero-order chi connectivity index (χ0) is 21.3. The molecular formula is C21H31IN4O3S. The Kier molecular flexibility index (Phi) is 10.6. The minimum absolute atomic E-state index is 0. The van der Waals surface area contributed by atoms with Crippen molar-refractivity contribution in [2.45, 2.75) is 37.8 Å². The lowest BCUT2D eigenvalue weighted by Gasteiger charge is -2.23. The van der Waals surface area contributed by atoms with E-state index in [1.54, 1.807) is 37.4 Å². The van der Waals surface area contributed by atoms with Crippen LogP contribution in [0.4, 0.5) is 0 Å². The van der Waals surface area contributed by atoms with Gasteiger partial charge in [-0.1, -0.05) is 36.4 Å². The molecule has 0 spiro atoms. The fourth-order valence-corrected chi connectivity index (χ4v) is 3.58. The molecule has 0 saturated heterocycles. The highest BCUT2D eigenvalue weighted by Gasteiger charge is 2.15. The summed E-state index contributed by atoms with van der Waals surface area (Å²) < 4.78 is 33.0. The van der Waals surface area contributed by atoms with Crippen LogP contribution >= 0.6 is 24.0 Å². The number of benzene rings is 2. The van der Waals surface area contributed by atoms with E-state index in [4.69, 9.17) is 4.74 Å². The van der Waals surface area contributed by atoms with E-state index in [1.165, 1.54) is 0 Å². The van der Waals surface area contributed by atoms with E-state index in [-0.39, 0.29) is 41.0 Å². The van der Waals surface area contributed by atoms with Crippen LogP contribution in [0.2, 0.25) is 0 Å². The molecule has 0 fully saturated rings. The minimum Gasteiger partial charge on any atom is -0.488 e. The Bertz CT molecular complexity index is 913. The average Bonchev–Trinajstić information content (AvgIpc) is 2.68. The standard InChI is InChI=1S/C21H30N4O3S.HI/c1-21(2,3)28-19-13-9-8-10-17(19)16-24-20(22-4)23-14-15-25-29(26,27)18-11-6-5-7-12-18;/h5-13,25H,14-16H2,1-4H3,(H2,22,23,24);1H. The summed E-state index contributed by atoms with van der Waals surface area (Å²) in [5.74, 6) is 1.40. The monoisotopic (exact) mass is 546 g/mol. The number of guanidine groups is 1. The minimum atomic E-state index is -3.51. The van der Waals surface area contributed by atoms with Gasteiger partial charge >= 0.3 is 0 Å². The van der Waals surface area contributed by atoms with Gasteiger partial charge in [0.2, 0.25) is 10.0 Å². The summed E-state index contributed by atoms with van der Waals surface area (Å²) in [4.78, 5) is 4.42. The Labute approximate surface area is 196 Å². The zero-order valence-corrected chi connectivity index (χ0v) is 21.0. The van der Waals surface area contributed by atoms with Gasteiger partial charge in [0.05, 0.1) is 4.90 Å². The lowest BCUT2D eigenvalue weighted by Crippen LogP contribution is -2.41. The van der Waals surface area contributed by atoms with E-state index in [9.17, 15) is 8.42 Å². The van der Waals surface area contributed by atoms with E-state index < -0.39 is 10.0 Å². The molecule has 0 aliphatic heterocycles. The molecule has 0 heterocycles. The number of ether oxygens (including phenoxy) is 1. The summed E-state index contributed by atoms with van der Waals surface area (Å²) in [6, 6.07) is 16.1. The van der Waals surface area contributed by atoms with Crippen LogP contribution in [0.15, 0.2) is 64.5 Å². The molecule has 7 nitrogen and oxygen atoms in total. The third-order valence-corrected chi connectivity index (χ3v) is 5.30. The number of para-hydroxylation sites is 1. The summed E-state index contributed by atoms with van der Waals surface area (Å²) in [6.45, 7) is 7.19. The summed E-state index contributed by atoms with van der Waals surface area (Å²) in [5, 5.41) is 6.33. The maximum atomic E-state index is 12.2. The van der Waals surface area contributed by atoms with E-state index in [0.717, 1.165) is 11.3 Å². The summed E-state index contributed by atoms with van der Waals surface area (Å²) in [7, 11) is -1.84. The Morgan fingerprint density at radius 1 is 0.967 bits per heavy atom. The first-order valence-electron chi connectivity index (χ1n) is 9.47. The van der Waals surface area contributed by atoms with Crippen LogP contribution in [0, 0.1) is 0 Å². The van der Waals surface area contributed by atoms with Gasteiger partial charge in [0.25, 0.3) is 0 Å². The van der Waals surface area contributed by atoms with Gasteiger partial charge in [-0.15, -0.1) is 24.0 Å². The number of rotatable bonds is 8. The molecule has 2 aromatic carbocycles. The molecule has 0 aliphatic rings. The van der Waals surface area contributed by atoms with Gasteiger partial charge < -0.3 is 15.4 Å². The fraction of sp³-hybridized carbons (Fsp3) is 0.381. The molecule has 0 bridgehead atoms. The molecule has 0 unspecified atom stereocenters. The van der Waals surface area contributed by atoms with Gasteiger partial charge in [-0.25, -0.2) is 13.1 Å². The van der Waals surface area contributed by atoms with Crippen LogP contribution in [0.5, 0.6) is 5.75 Å². The number of nitrogens with zero attached hydrogens (tertiary/aromatic N) is 1. The van der Waals surface area contributed by atoms with Crippen molar-refractivity contribution in [3.63, 3.8) is 0 Å². The Hall–Kier alpha value is -1.85. The summed E-state index contributed by atoms with van der Waals surface area (Å²) in [5.41, 5.74) is 0.724. The van der Waals surface area contributed by atoms with Gasteiger partial charge in [-0.05, 0) is 39.0 Å². The van der Waals surface area contributed by atoms with Crippen molar-refractivity contribution in [3.05, 3.63) is 60.2 Å². The van der Waals surface area contributed by atoms with Crippen molar-refractivity contribution in [3.8, 4) is 5.75 Å². The zero-order valence-electron chi connectivity index (χ0n) is 17.8. The van der Waals surface area contributed by atoms with E-state index in [2.05, 4.69) is 20.3 Å². The third kappa shape index (κ3) is 8.88. The summed E-state index contributed by atoms with van der Waals surface area (Å²) in [6.07, 6.45) is 0. The van der Waals surface area contributed by atoms with Gasteiger partial charge in [-0.2, -0.15) is 0 Å². The maximum absolute atomic E-state index is 12.2. The normalized spacial score (nSPS) is 12.1. The number of aliphatic imine (C=N–C) groups is 1. The second-order valence-electron chi connectivity index (χ2n) is 7.39. The van der Waals surface area contributed by atoms with Crippen LogP contribution in [0.3, 0.4) is 0 Å². The highest BCUT2D eigenvalue weighted by atomic mass is 127. The van der Waals surface area contributed by atoms with Crippen LogP contribution < -0.4 is 20.1 Å². The molecule has 0 aliphatic carbocycles. The van der Waals surface area contributed by atoms with Crippen molar-refractivity contribution in [1.29, 1.82) is 0 Å². The number of hydrogen-bond donors (Lipinski definition) is 3. The number of hydrogen-bond acceptors (Lipinski definition) is 4. The second-order valence-corrected chi connectivity index (χ2v) is 9.15. The molecule has 9 heteroatoms. The Morgan fingerprint density at radius 3 is 2.23 bits per heavy atom. The van der Waals surface area contributed by atoms with Gasteiger partial charge in [0.1, 0.15) is 11.4 Å². The molecule has 2 rings (SSSR count). The number of halogens is 1. The first-order chi connectivity index (χ1) is 13.7.